The molecule has 0 bridgehead atoms. The molecule has 1 atom stereocenters. The van der Waals surface area contributed by atoms with E-state index >= 15 is 0 Å². The quantitative estimate of drug-likeness (QED) is 0.601. The number of carbonyl (C=O) groups excluding carboxylic acids is 1. The predicted molar refractivity (Wildman–Crippen MR) is 97.4 cm³/mol. The molecule has 0 aliphatic carbocycles. The Morgan fingerprint density at radius 3 is 3.00 bits per heavy atom. The molecule has 4 N–H and O–H groups in total. The molecule has 3 rings (SSSR count). The van der Waals surface area contributed by atoms with E-state index in [0.717, 1.165) is 6.20 Å². The summed E-state index contributed by atoms with van der Waals surface area (Å²) in [6, 6.07) is 1.07. The number of anilines is 1. The van der Waals surface area contributed by atoms with Gasteiger partial charge in [-0.25, -0.2) is 24.3 Å². The number of imidazole rings is 1. The predicted octanol–water partition coefficient (Wildman–Crippen LogP) is 1.70. The van der Waals surface area contributed by atoms with Crippen molar-refractivity contribution in [1.82, 2.24) is 30.2 Å². The van der Waals surface area contributed by atoms with Crippen LogP contribution in [0.5, 0.6) is 5.88 Å². The van der Waals surface area contributed by atoms with E-state index in [1.807, 2.05) is 13.0 Å². The Balaban J connectivity index is 1.59. The second kappa shape index (κ2) is 7.77. The molecule has 0 aliphatic rings. The summed E-state index contributed by atoms with van der Waals surface area (Å²) in [5, 5.41) is 2.80. The molecule has 3 aromatic rings. The highest BCUT2D eigenvalue weighted by atomic mass is 19.1. The highest BCUT2D eigenvalue weighted by Gasteiger charge is 2.14. The van der Waals surface area contributed by atoms with Crippen LogP contribution in [0.4, 0.5) is 10.2 Å². The summed E-state index contributed by atoms with van der Waals surface area (Å²) in [5.41, 5.74) is 6.85. The minimum absolute atomic E-state index is 0.0769. The van der Waals surface area contributed by atoms with E-state index in [4.69, 9.17) is 10.5 Å². The van der Waals surface area contributed by atoms with Gasteiger partial charge in [-0.05, 0) is 19.4 Å². The SMILES string of the molecule is COc1nc(/C=C/C[C@H](C)NC(=O)c2nc3ncc(F)cc3[nH]2)cnc1N. The molecule has 0 spiro atoms. The standard InChI is InChI=1S/C17H18FN7O2/c1-9(4-3-5-11-8-20-13(19)17(23-11)27-2)22-16(26)15-24-12-6-10(18)7-21-14(12)25-15/h3,5-9H,4H2,1-2H3,(H2,19,20)(H,22,26)(H,21,24,25)/b5-3+/t9-/m0/s1. The average molecular weight is 371 g/mol. The van der Waals surface area contributed by atoms with Crippen molar-refractivity contribution in [1.29, 1.82) is 0 Å². The van der Waals surface area contributed by atoms with Crippen LogP contribution in [0.1, 0.15) is 29.7 Å². The molecule has 0 radical (unpaired) electrons. The molecule has 0 saturated carbocycles. The number of methoxy groups -OCH3 is 1. The second-order valence-corrected chi connectivity index (χ2v) is 5.81. The van der Waals surface area contributed by atoms with E-state index in [1.54, 1.807) is 6.08 Å². The number of nitrogens with two attached hydrogens (primary N) is 1. The summed E-state index contributed by atoms with van der Waals surface area (Å²) in [4.78, 5) is 31.1. The molecule has 27 heavy (non-hydrogen) atoms. The molecule has 3 aromatic heterocycles. The number of amides is 1. The van der Waals surface area contributed by atoms with Gasteiger partial charge in [0.25, 0.3) is 11.8 Å². The number of hydrogen-bond acceptors (Lipinski definition) is 7. The zero-order valence-corrected chi connectivity index (χ0v) is 14.7. The number of rotatable bonds is 6. The minimum Gasteiger partial charge on any atom is -0.478 e. The van der Waals surface area contributed by atoms with Crippen molar-refractivity contribution in [2.75, 3.05) is 12.8 Å². The number of ether oxygens (including phenoxy) is 1. The van der Waals surface area contributed by atoms with E-state index in [-0.39, 0.29) is 29.2 Å². The molecule has 10 heteroatoms. The topological polar surface area (TPSA) is 132 Å². The molecule has 3 heterocycles. The summed E-state index contributed by atoms with van der Waals surface area (Å²) in [5.74, 6) is -0.348. The molecule has 9 nitrogen and oxygen atoms in total. The fourth-order valence-corrected chi connectivity index (χ4v) is 2.35. The Hall–Kier alpha value is -3.56. The Bertz CT molecular complexity index is 1000. The Morgan fingerprint density at radius 2 is 2.22 bits per heavy atom. The van der Waals surface area contributed by atoms with Crippen LogP contribution in [-0.2, 0) is 0 Å². The van der Waals surface area contributed by atoms with E-state index < -0.39 is 11.7 Å². The van der Waals surface area contributed by atoms with Crippen LogP contribution in [0, 0.1) is 5.82 Å². The fraction of sp³-hybridized carbons (Fsp3) is 0.235. The maximum Gasteiger partial charge on any atom is 0.287 e. The zero-order valence-electron chi connectivity index (χ0n) is 14.7. The highest BCUT2D eigenvalue weighted by Crippen LogP contribution is 2.15. The number of hydrogen-bond donors (Lipinski definition) is 3. The molecule has 1 amide bonds. The van der Waals surface area contributed by atoms with Crippen molar-refractivity contribution in [2.24, 2.45) is 0 Å². The molecule has 0 unspecified atom stereocenters. The summed E-state index contributed by atoms with van der Waals surface area (Å²) in [6.45, 7) is 1.85. The Morgan fingerprint density at radius 1 is 1.41 bits per heavy atom. The number of nitrogen functional groups attached to an aromatic ring is 1. The third-order valence-electron chi connectivity index (χ3n) is 3.65. The van der Waals surface area contributed by atoms with Gasteiger partial charge in [0.15, 0.2) is 17.3 Å². The maximum atomic E-state index is 13.2. The monoisotopic (exact) mass is 371 g/mol. The van der Waals surface area contributed by atoms with Gasteiger partial charge in [-0.1, -0.05) is 6.08 Å². The Labute approximate surface area is 153 Å². The van der Waals surface area contributed by atoms with Crippen LogP contribution >= 0.6 is 0 Å². The summed E-state index contributed by atoms with van der Waals surface area (Å²) in [7, 11) is 1.47. The lowest BCUT2D eigenvalue weighted by atomic mass is 10.2. The van der Waals surface area contributed by atoms with Crippen molar-refractivity contribution >= 4 is 29.0 Å². The lowest BCUT2D eigenvalue weighted by Gasteiger charge is -2.10. The van der Waals surface area contributed by atoms with Crippen molar-refractivity contribution in [2.45, 2.75) is 19.4 Å². The van der Waals surface area contributed by atoms with Gasteiger partial charge in [0.2, 0.25) is 0 Å². The number of aromatic nitrogens is 5. The van der Waals surface area contributed by atoms with Gasteiger partial charge >= 0.3 is 0 Å². The lowest BCUT2D eigenvalue weighted by molar-refractivity contribution is 0.0931. The van der Waals surface area contributed by atoms with Gasteiger partial charge in [-0.3, -0.25) is 4.79 Å². The molecule has 0 aliphatic heterocycles. The van der Waals surface area contributed by atoms with E-state index in [9.17, 15) is 9.18 Å². The highest BCUT2D eigenvalue weighted by molar-refractivity contribution is 5.93. The van der Waals surface area contributed by atoms with Gasteiger partial charge in [0.1, 0.15) is 5.82 Å². The molecule has 0 fully saturated rings. The number of nitrogens with zero attached hydrogens (tertiary/aromatic N) is 4. The van der Waals surface area contributed by atoms with Crippen molar-refractivity contribution in [3.63, 3.8) is 0 Å². The van der Waals surface area contributed by atoms with Crippen molar-refractivity contribution in [3.05, 3.63) is 41.9 Å². The second-order valence-electron chi connectivity index (χ2n) is 5.81. The first-order valence-corrected chi connectivity index (χ1v) is 8.11. The first-order valence-electron chi connectivity index (χ1n) is 8.11. The number of fused-ring (bicyclic) bond motifs is 1. The van der Waals surface area contributed by atoms with Crippen molar-refractivity contribution in [3.8, 4) is 5.88 Å². The third-order valence-corrected chi connectivity index (χ3v) is 3.65. The van der Waals surface area contributed by atoms with E-state index in [0.29, 0.717) is 17.6 Å². The van der Waals surface area contributed by atoms with E-state index in [1.165, 1.54) is 19.4 Å². The lowest BCUT2D eigenvalue weighted by Crippen LogP contribution is -2.32. The Kier molecular flexibility index (Phi) is 5.25. The van der Waals surface area contributed by atoms with Gasteiger partial charge in [0, 0.05) is 12.1 Å². The maximum absolute atomic E-state index is 13.2. The fourth-order valence-electron chi connectivity index (χ4n) is 2.35. The number of H-pyrrole nitrogens is 1. The molecule has 0 aromatic carbocycles. The first-order chi connectivity index (χ1) is 13.0. The largest absolute Gasteiger partial charge is 0.478 e. The normalized spacial score (nSPS) is 12.4. The van der Waals surface area contributed by atoms with Crippen LogP contribution < -0.4 is 15.8 Å². The first kappa shape index (κ1) is 18.2. The van der Waals surface area contributed by atoms with Crippen LogP contribution in [0.25, 0.3) is 17.2 Å². The molecular weight excluding hydrogens is 353 g/mol. The number of pyridine rings is 1. The smallest absolute Gasteiger partial charge is 0.287 e. The van der Waals surface area contributed by atoms with Gasteiger partial charge < -0.3 is 20.8 Å². The third kappa shape index (κ3) is 4.35. The molecule has 0 saturated heterocycles. The van der Waals surface area contributed by atoms with Gasteiger partial charge in [-0.15, -0.1) is 0 Å². The number of carbonyl (C=O) groups is 1. The van der Waals surface area contributed by atoms with Gasteiger partial charge in [0.05, 0.1) is 30.7 Å². The molecular formula is C17H18FN7O2. The summed E-state index contributed by atoms with van der Waals surface area (Å²) in [6.07, 6.45) is 6.73. The van der Waals surface area contributed by atoms with Crippen LogP contribution in [0.3, 0.4) is 0 Å². The van der Waals surface area contributed by atoms with Gasteiger partial charge in [-0.2, -0.15) is 0 Å². The van der Waals surface area contributed by atoms with E-state index in [2.05, 4.69) is 30.2 Å². The zero-order chi connectivity index (χ0) is 19.4. The minimum atomic E-state index is -0.501. The number of halogens is 1. The van der Waals surface area contributed by atoms with Crippen LogP contribution in [0.2, 0.25) is 0 Å². The van der Waals surface area contributed by atoms with Crippen LogP contribution in [0.15, 0.2) is 24.5 Å². The number of nitrogens with one attached hydrogen (secondary N) is 2. The summed E-state index contributed by atoms with van der Waals surface area (Å²) < 4.78 is 18.2. The average Bonchev–Trinajstić information content (AvgIpc) is 3.06. The number of aromatic amines is 1. The van der Waals surface area contributed by atoms with Crippen LogP contribution in [-0.4, -0.2) is 44.0 Å². The molecule has 140 valence electrons. The van der Waals surface area contributed by atoms with Crippen molar-refractivity contribution < 1.29 is 13.9 Å². The summed E-state index contributed by atoms with van der Waals surface area (Å²) >= 11 is 0.